The van der Waals surface area contributed by atoms with Crippen molar-refractivity contribution in [3.05, 3.63) is 101 Å². The van der Waals surface area contributed by atoms with Crippen molar-refractivity contribution in [1.82, 2.24) is 14.9 Å². The molecule has 4 rings (SSSR count). The zero-order chi connectivity index (χ0) is 18.6. The molecular formula is C23H21N3O. The molecule has 0 aliphatic heterocycles. The van der Waals surface area contributed by atoms with E-state index < -0.39 is 0 Å². The highest BCUT2D eigenvalue weighted by Crippen LogP contribution is 2.19. The number of rotatable bonds is 5. The molecule has 1 heterocycles. The van der Waals surface area contributed by atoms with Crippen molar-refractivity contribution in [1.29, 1.82) is 0 Å². The van der Waals surface area contributed by atoms with Crippen molar-refractivity contribution in [3.8, 4) is 11.1 Å². The quantitative estimate of drug-likeness (QED) is 0.583. The van der Waals surface area contributed by atoms with Crippen LogP contribution in [0.4, 0.5) is 0 Å². The van der Waals surface area contributed by atoms with E-state index in [1.165, 1.54) is 16.7 Å². The molecule has 4 nitrogen and oxygen atoms in total. The van der Waals surface area contributed by atoms with E-state index in [2.05, 4.69) is 51.3 Å². The van der Waals surface area contributed by atoms with Gasteiger partial charge in [-0.15, -0.1) is 0 Å². The van der Waals surface area contributed by atoms with Crippen LogP contribution in [0.15, 0.2) is 83.7 Å². The van der Waals surface area contributed by atoms with Gasteiger partial charge in [0.2, 0.25) is 0 Å². The normalized spacial score (nSPS) is 11.2. The molecule has 1 aromatic heterocycles. The second kappa shape index (κ2) is 7.56. The van der Waals surface area contributed by atoms with Gasteiger partial charge in [-0.25, -0.2) is 4.98 Å². The van der Waals surface area contributed by atoms with Crippen molar-refractivity contribution in [2.24, 2.45) is 0 Å². The van der Waals surface area contributed by atoms with Gasteiger partial charge in [0, 0.05) is 6.54 Å². The van der Waals surface area contributed by atoms with Gasteiger partial charge in [0.15, 0.2) is 0 Å². The molecule has 3 aromatic carbocycles. The predicted octanol–water partition coefficient (Wildman–Crippen LogP) is 4.22. The SMILES string of the molecule is CN(Cc1ccc(-c2ccccc2)cc1)Cc1nc2ccccc2c(=O)[nH]1. The Labute approximate surface area is 158 Å². The molecule has 0 unspecified atom stereocenters. The lowest BCUT2D eigenvalue weighted by atomic mass is 10.0. The first-order valence-corrected chi connectivity index (χ1v) is 9.00. The molecule has 0 amide bonds. The molecule has 0 bridgehead atoms. The van der Waals surface area contributed by atoms with E-state index in [0.29, 0.717) is 17.8 Å². The van der Waals surface area contributed by atoms with Crippen molar-refractivity contribution >= 4 is 10.9 Å². The first-order chi connectivity index (χ1) is 13.2. The van der Waals surface area contributed by atoms with Gasteiger partial charge < -0.3 is 4.98 Å². The van der Waals surface area contributed by atoms with Crippen molar-refractivity contribution < 1.29 is 0 Å². The maximum absolute atomic E-state index is 12.2. The van der Waals surface area contributed by atoms with Gasteiger partial charge in [-0.2, -0.15) is 0 Å². The highest BCUT2D eigenvalue weighted by atomic mass is 16.1. The van der Waals surface area contributed by atoms with E-state index >= 15 is 0 Å². The average molecular weight is 355 g/mol. The number of para-hydroxylation sites is 1. The van der Waals surface area contributed by atoms with E-state index in [0.717, 1.165) is 12.1 Å². The third-order valence-corrected chi connectivity index (χ3v) is 4.60. The summed E-state index contributed by atoms with van der Waals surface area (Å²) in [5, 5.41) is 0.625. The van der Waals surface area contributed by atoms with Crippen LogP contribution in [0.2, 0.25) is 0 Å². The van der Waals surface area contributed by atoms with E-state index in [1.807, 2.05) is 43.4 Å². The number of benzene rings is 3. The smallest absolute Gasteiger partial charge is 0.258 e. The van der Waals surface area contributed by atoms with Gasteiger partial charge in [-0.05, 0) is 35.9 Å². The summed E-state index contributed by atoms with van der Waals surface area (Å²) in [5.41, 5.74) is 4.30. The Morgan fingerprint density at radius 3 is 2.26 bits per heavy atom. The maximum atomic E-state index is 12.2. The summed E-state index contributed by atoms with van der Waals surface area (Å²) in [5.74, 6) is 0.683. The standard InChI is InChI=1S/C23H21N3O/c1-26(16-22-24-21-10-6-5-9-20(21)23(27)25-22)15-17-11-13-19(14-12-17)18-7-3-2-4-8-18/h2-14H,15-16H2,1H3,(H,24,25,27). The molecule has 134 valence electrons. The summed E-state index contributed by atoms with van der Waals surface area (Å²) >= 11 is 0. The molecule has 4 aromatic rings. The zero-order valence-electron chi connectivity index (χ0n) is 15.2. The lowest BCUT2D eigenvalue weighted by molar-refractivity contribution is 0.311. The van der Waals surface area contributed by atoms with E-state index in [1.54, 1.807) is 6.07 Å². The van der Waals surface area contributed by atoms with Gasteiger partial charge in [0.25, 0.3) is 5.56 Å². The largest absolute Gasteiger partial charge is 0.309 e. The molecule has 0 saturated heterocycles. The number of aromatic nitrogens is 2. The first-order valence-electron chi connectivity index (χ1n) is 9.00. The summed E-state index contributed by atoms with van der Waals surface area (Å²) in [4.78, 5) is 21.8. The summed E-state index contributed by atoms with van der Waals surface area (Å²) < 4.78 is 0. The Kier molecular flexibility index (Phi) is 4.81. The van der Waals surface area contributed by atoms with Crippen LogP contribution in [-0.2, 0) is 13.1 Å². The Morgan fingerprint density at radius 2 is 1.48 bits per heavy atom. The lowest BCUT2D eigenvalue weighted by Crippen LogP contribution is -2.21. The minimum Gasteiger partial charge on any atom is -0.309 e. The van der Waals surface area contributed by atoms with E-state index in [-0.39, 0.29) is 5.56 Å². The molecule has 1 N–H and O–H groups in total. The number of hydrogen-bond donors (Lipinski definition) is 1. The summed E-state index contributed by atoms with van der Waals surface area (Å²) in [7, 11) is 2.03. The van der Waals surface area contributed by atoms with Crippen molar-refractivity contribution in [2.45, 2.75) is 13.1 Å². The predicted molar refractivity (Wildman–Crippen MR) is 109 cm³/mol. The fraction of sp³-hybridized carbons (Fsp3) is 0.130. The van der Waals surface area contributed by atoms with E-state index in [9.17, 15) is 4.79 Å². The number of nitrogens with zero attached hydrogens (tertiary/aromatic N) is 2. The summed E-state index contributed by atoms with van der Waals surface area (Å²) in [6, 6.07) is 26.4. The topological polar surface area (TPSA) is 49.0 Å². The highest BCUT2D eigenvalue weighted by molar-refractivity contribution is 5.77. The van der Waals surface area contributed by atoms with Gasteiger partial charge in [0.05, 0.1) is 17.4 Å². The number of H-pyrrole nitrogens is 1. The summed E-state index contributed by atoms with van der Waals surface area (Å²) in [6.07, 6.45) is 0. The van der Waals surface area contributed by atoms with Crippen LogP contribution in [-0.4, -0.2) is 21.9 Å². The second-order valence-corrected chi connectivity index (χ2v) is 6.77. The molecule has 27 heavy (non-hydrogen) atoms. The summed E-state index contributed by atoms with van der Waals surface area (Å²) in [6.45, 7) is 1.37. The minimum atomic E-state index is -0.0868. The van der Waals surface area contributed by atoms with Crippen LogP contribution in [0.25, 0.3) is 22.0 Å². The first kappa shape index (κ1) is 17.2. The fourth-order valence-electron chi connectivity index (χ4n) is 3.27. The third-order valence-electron chi connectivity index (χ3n) is 4.60. The van der Waals surface area contributed by atoms with Crippen molar-refractivity contribution in [3.63, 3.8) is 0 Å². The van der Waals surface area contributed by atoms with Crippen LogP contribution in [0.5, 0.6) is 0 Å². The fourth-order valence-corrected chi connectivity index (χ4v) is 3.27. The zero-order valence-corrected chi connectivity index (χ0v) is 15.2. The second-order valence-electron chi connectivity index (χ2n) is 6.77. The molecular weight excluding hydrogens is 334 g/mol. The molecule has 0 radical (unpaired) electrons. The number of nitrogens with one attached hydrogen (secondary N) is 1. The lowest BCUT2D eigenvalue weighted by Gasteiger charge is -2.16. The van der Waals surface area contributed by atoms with Crippen LogP contribution >= 0.6 is 0 Å². The molecule has 0 atom stereocenters. The molecule has 0 saturated carbocycles. The van der Waals surface area contributed by atoms with Crippen LogP contribution in [0.1, 0.15) is 11.4 Å². The van der Waals surface area contributed by atoms with Gasteiger partial charge in [-0.3, -0.25) is 9.69 Å². The monoisotopic (exact) mass is 355 g/mol. The Balaban J connectivity index is 1.46. The van der Waals surface area contributed by atoms with Gasteiger partial charge in [0.1, 0.15) is 5.82 Å². The molecule has 0 fully saturated rings. The number of fused-ring (bicyclic) bond motifs is 1. The molecule has 0 aliphatic carbocycles. The molecule has 0 spiro atoms. The maximum Gasteiger partial charge on any atom is 0.258 e. The molecule has 4 heteroatoms. The average Bonchev–Trinajstić information content (AvgIpc) is 2.69. The van der Waals surface area contributed by atoms with Crippen molar-refractivity contribution in [2.75, 3.05) is 7.05 Å². The number of aromatic amines is 1. The molecule has 0 aliphatic rings. The third kappa shape index (κ3) is 3.96. The Hall–Kier alpha value is -3.24. The van der Waals surface area contributed by atoms with Gasteiger partial charge >= 0.3 is 0 Å². The van der Waals surface area contributed by atoms with Gasteiger partial charge in [-0.1, -0.05) is 66.7 Å². The van der Waals surface area contributed by atoms with Crippen LogP contribution in [0, 0.1) is 0 Å². The Bertz CT molecular complexity index is 1100. The van der Waals surface area contributed by atoms with E-state index in [4.69, 9.17) is 0 Å². The highest BCUT2D eigenvalue weighted by Gasteiger charge is 2.07. The van der Waals surface area contributed by atoms with Crippen LogP contribution < -0.4 is 5.56 Å². The Morgan fingerprint density at radius 1 is 0.815 bits per heavy atom. The van der Waals surface area contributed by atoms with Crippen LogP contribution in [0.3, 0.4) is 0 Å². The number of hydrogen-bond acceptors (Lipinski definition) is 3. The minimum absolute atomic E-state index is 0.0868.